The summed E-state index contributed by atoms with van der Waals surface area (Å²) in [6, 6.07) is 0. The number of likely N-dealkylation sites (N-methyl/N-ethyl adjacent to an activating group) is 1. The maximum Gasteiger partial charge on any atom is 0.228 e. The van der Waals surface area contributed by atoms with Crippen molar-refractivity contribution in [1.29, 1.82) is 0 Å². The number of hydrogen-bond donors (Lipinski definition) is 1. The second kappa shape index (κ2) is 5.45. The maximum absolute atomic E-state index is 12.0. The number of aryl methyl sites for hydroxylation is 1. The molecular weight excluding hydrogens is 268 g/mol. The quantitative estimate of drug-likeness (QED) is 0.926. The molecule has 2 aromatic rings. The number of rotatable bonds is 4. The molecule has 0 spiro atoms. The van der Waals surface area contributed by atoms with Crippen LogP contribution in [0, 0.1) is 6.92 Å². The van der Waals surface area contributed by atoms with Gasteiger partial charge < -0.3 is 10.6 Å². The van der Waals surface area contributed by atoms with Crippen molar-refractivity contribution in [1.82, 2.24) is 14.9 Å². The van der Waals surface area contributed by atoms with E-state index in [-0.39, 0.29) is 12.3 Å². The zero-order valence-electron chi connectivity index (χ0n) is 10.2. The van der Waals surface area contributed by atoms with Crippen molar-refractivity contribution in [2.45, 2.75) is 19.9 Å². The largest absolute Gasteiger partial charge is 0.375 e. The van der Waals surface area contributed by atoms with Crippen LogP contribution < -0.4 is 5.73 Å². The first kappa shape index (κ1) is 13.0. The minimum Gasteiger partial charge on any atom is -0.375 e. The van der Waals surface area contributed by atoms with E-state index >= 15 is 0 Å². The van der Waals surface area contributed by atoms with Crippen LogP contribution in [-0.4, -0.2) is 27.8 Å². The van der Waals surface area contributed by atoms with Gasteiger partial charge in [0.15, 0.2) is 5.13 Å². The van der Waals surface area contributed by atoms with Crippen LogP contribution in [-0.2, 0) is 17.8 Å². The number of carbonyl (C=O) groups is 1. The summed E-state index contributed by atoms with van der Waals surface area (Å²) in [7, 11) is 1.77. The van der Waals surface area contributed by atoms with Gasteiger partial charge in [-0.15, -0.1) is 22.7 Å². The van der Waals surface area contributed by atoms with Crippen molar-refractivity contribution >= 4 is 33.7 Å². The Hall–Kier alpha value is -1.47. The number of anilines is 1. The lowest BCUT2D eigenvalue weighted by molar-refractivity contribution is -0.129. The van der Waals surface area contributed by atoms with Gasteiger partial charge in [0.25, 0.3) is 0 Å². The van der Waals surface area contributed by atoms with E-state index in [9.17, 15) is 4.79 Å². The molecule has 0 atom stereocenters. The summed E-state index contributed by atoms with van der Waals surface area (Å²) < 4.78 is 0. The Labute approximate surface area is 113 Å². The van der Waals surface area contributed by atoms with Crippen molar-refractivity contribution in [3.8, 4) is 0 Å². The Kier molecular flexibility index (Phi) is 3.93. The average Bonchev–Trinajstić information content (AvgIpc) is 2.88. The molecule has 0 saturated carbocycles. The van der Waals surface area contributed by atoms with E-state index in [4.69, 9.17) is 5.73 Å². The summed E-state index contributed by atoms with van der Waals surface area (Å²) >= 11 is 2.94. The Morgan fingerprint density at radius 3 is 2.61 bits per heavy atom. The van der Waals surface area contributed by atoms with E-state index in [1.54, 1.807) is 23.3 Å². The fourth-order valence-electron chi connectivity index (χ4n) is 1.51. The summed E-state index contributed by atoms with van der Waals surface area (Å²) in [6.45, 7) is 2.48. The molecule has 5 nitrogen and oxygen atoms in total. The minimum absolute atomic E-state index is 0.0194. The zero-order chi connectivity index (χ0) is 13.1. The van der Waals surface area contributed by atoms with Gasteiger partial charge in [-0.05, 0) is 6.92 Å². The van der Waals surface area contributed by atoms with Crippen LogP contribution in [0.4, 0.5) is 5.13 Å². The van der Waals surface area contributed by atoms with Crippen molar-refractivity contribution < 1.29 is 4.79 Å². The van der Waals surface area contributed by atoms with Crippen LogP contribution in [0.25, 0.3) is 0 Å². The first-order valence-corrected chi connectivity index (χ1v) is 7.15. The first-order chi connectivity index (χ1) is 8.54. The molecule has 2 heterocycles. The Morgan fingerprint density at radius 1 is 1.33 bits per heavy atom. The molecule has 1 amide bonds. The van der Waals surface area contributed by atoms with Crippen LogP contribution in [0.2, 0.25) is 0 Å². The van der Waals surface area contributed by atoms with Gasteiger partial charge in [-0.3, -0.25) is 4.79 Å². The lowest BCUT2D eigenvalue weighted by Gasteiger charge is -2.15. The van der Waals surface area contributed by atoms with Crippen LogP contribution in [0.15, 0.2) is 10.8 Å². The molecule has 0 aliphatic heterocycles. The van der Waals surface area contributed by atoms with Gasteiger partial charge in [0, 0.05) is 17.8 Å². The summed E-state index contributed by atoms with van der Waals surface area (Å²) in [5.74, 6) is 0.0194. The van der Waals surface area contributed by atoms with Gasteiger partial charge in [-0.2, -0.15) is 0 Å². The van der Waals surface area contributed by atoms with Crippen molar-refractivity contribution in [3.63, 3.8) is 0 Å². The predicted molar refractivity (Wildman–Crippen MR) is 73.6 cm³/mol. The normalized spacial score (nSPS) is 10.6. The number of hydrogen-bond acceptors (Lipinski definition) is 6. The van der Waals surface area contributed by atoms with Gasteiger partial charge in [-0.25, -0.2) is 9.97 Å². The minimum atomic E-state index is 0.0194. The van der Waals surface area contributed by atoms with Crippen LogP contribution in [0.3, 0.4) is 0 Å². The molecule has 18 heavy (non-hydrogen) atoms. The molecule has 2 rings (SSSR count). The van der Waals surface area contributed by atoms with Gasteiger partial charge in [-0.1, -0.05) is 0 Å². The van der Waals surface area contributed by atoms with E-state index in [0.29, 0.717) is 11.7 Å². The number of nitrogens with zero attached hydrogens (tertiary/aromatic N) is 3. The highest BCUT2D eigenvalue weighted by Crippen LogP contribution is 2.13. The maximum atomic E-state index is 12.0. The lowest BCUT2D eigenvalue weighted by Crippen LogP contribution is -2.28. The molecule has 2 aromatic heterocycles. The standard InChI is InChI=1S/C11H14N4OS2/c1-7-13-9(6-17-7)4-15(2)10(16)3-8-5-18-11(12)14-8/h5-6H,3-4H2,1-2H3,(H2,12,14). The lowest BCUT2D eigenvalue weighted by atomic mass is 10.3. The smallest absolute Gasteiger partial charge is 0.228 e. The molecule has 0 fully saturated rings. The molecule has 0 radical (unpaired) electrons. The summed E-state index contributed by atoms with van der Waals surface area (Å²) in [4.78, 5) is 22.0. The van der Waals surface area contributed by atoms with E-state index < -0.39 is 0 Å². The molecule has 7 heteroatoms. The average molecular weight is 282 g/mol. The van der Waals surface area contributed by atoms with Crippen LogP contribution >= 0.6 is 22.7 Å². The van der Waals surface area contributed by atoms with Gasteiger partial charge in [0.1, 0.15) is 0 Å². The monoisotopic (exact) mass is 282 g/mol. The third kappa shape index (κ3) is 3.27. The van der Waals surface area contributed by atoms with E-state index in [2.05, 4.69) is 9.97 Å². The summed E-state index contributed by atoms with van der Waals surface area (Å²) in [5.41, 5.74) is 7.18. The third-order valence-electron chi connectivity index (χ3n) is 2.39. The number of carbonyl (C=O) groups excluding carboxylic acids is 1. The van der Waals surface area contributed by atoms with Gasteiger partial charge in [0.2, 0.25) is 5.91 Å². The number of nitrogen functional groups attached to an aromatic ring is 1. The second-order valence-corrected chi connectivity index (χ2v) is 5.91. The summed E-state index contributed by atoms with van der Waals surface area (Å²) in [6.07, 6.45) is 0.285. The number of nitrogens with two attached hydrogens (primary N) is 1. The molecule has 0 aromatic carbocycles. The number of thiazole rings is 2. The number of aromatic nitrogens is 2. The molecule has 0 aliphatic rings. The highest BCUT2D eigenvalue weighted by Gasteiger charge is 2.13. The predicted octanol–water partition coefficient (Wildman–Crippen LogP) is 1.69. The van der Waals surface area contributed by atoms with Crippen LogP contribution in [0.5, 0.6) is 0 Å². The zero-order valence-corrected chi connectivity index (χ0v) is 11.8. The van der Waals surface area contributed by atoms with E-state index in [0.717, 1.165) is 16.4 Å². The molecular formula is C11H14N4OS2. The molecule has 0 unspecified atom stereocenters. The fraction of sp³-hybridized carbons (Fsp3) is 0.364. The number of amides is 1. The Bertz CT molecular complexity index is 549. The summed E-state index contributed by atoms with van der Waals surface area (Å²) in [5, 5.41) is 5.29. The Balaban J connectivity index is 1.92. The topological polar surface area (TPSA) is 72.1 Å². The first-order valence-electron chi connectivity index (χ1n) is 5.39. The van der Waals surface area contributed by atoms with Crippen molar-refractivity contribution in [2.75, 3.05) is 12.8 Å². The SMILES string of the molecule is Cc1nc(CN(C)C(=O)Cc2csc(N)n2)cs1. The Morgan fingerprint density at radius 2 is 2.06 bits per heavy atom. The molecule has 0 aliphatic carbocycles. The van der Waals surface area contributed by atoms with Gasteiger partial charge in [0.05, 0.1) is 29.4 Å². The van der Waals surface area contributed by atoms with Crippen molar-refractivity contribution in [2.24, 2.45) is 0 Å². The van der Waals surface area contributed by atoms with Crippen molar-refractivity contribution in [3.05, 3.63) is 27.2 Å². The van der Waals surface area contributed by atoms with E-state index in [1.807, 2.05) is 17.7 Å². The van der Waals surface area contributed by atoms with E-state index in [1.165, 1.54) is 11.3 Å². The molecule has 0 bridgehead atoms. The molecule has 96 valence electrons. The fourth-order valence-corrected chi connectivity index (χ4v) is 2.67. The molecule has 2 N–H and O–H groups in total. The molecule has 0 saturated heterocycles. The highest BCUT2D eigenvalue weighted by atomic mass is 32.1. The highest BCUT2D eigenvalue weighted by molar-refractivity contribution is 7.13. The second-order valence-electron chi connectivity index (χ2n) is 3.96. The van der Waals surface area contributed by atoms with Gasteiger partial charge >= 0.3 is 0 Å². The third-order valence-corrected chi connectivity index (χ3v) is 3.94. The van der Waals surface area contributed by atoms with Crippen LogP contribution in [0.1, 0.15) is 16.4 Å².